The molecule has 0 spiro atoms. The second kappa shape index (κ2) is 5.61. The molecule has 0 bridgehead atoms. The van der Waals surface area contributed by atoms with Gasteiger partial charge in [-0.25, -0.2) is 0 Å². The second-order valence-electron chi connectivity index (χ2n) is 4.53. The maximum Gasteiger partial charge on any atom is 0.00670 e. The molecule has 2 N–H and O–H groups in total. The standard InChI is InChI=1S/C11H24N2/c1-10(8-12)9-13-7-5-3-4-6-11(13)2/h10-11H,3-9,12H2,1-2H3. The molecule has 1 fully saturated rings. The maximum absolute atomic E-state index is 5.65. The van der Waals surface area contributed by atoms with Crippen LogP contribution in [0.5, 0.6) is 0 Å². The predicted molar refractivity (Wildman–Crippen MR) is 57.7 cm³/mol. The Kier molecular flexibility index (Phi) is 4.74. The fourth-order valence-electron chi connectivity index (χ4n) is 2.08. The Morgan fingerprint density at radius 1 is 1.38 bits per heavy atom. The summed E-state index contributed by atoms with van der Waals surface area (Å²) >= 11 is 0. The van der Waals surface area contributed by atoms with E-state index in [0.717, 1.165) is 12.6 Å². The van der Waals surface area contributed by atoms with Gasteiger partial charge in [-0.05, 0) is 38.8 Å². The molecule has 2 heteroatoms. The summed E-state index contributed by atoms with van der Waals surface area (Å²) in [7, 11) is 0. The number of nitrogens with two attached hydrogens (primary N) is 1. The highest BCUT2D eigenvalue weighted by Gasteiger charge is 2.17. The smallest absolute Gasteiger partial charge is 0.00670 e. The van der Waals surface area contributed by atoms with E-state index in [4.69, 9.17) is 5.73 Å². The van der Waals surface area contributed by atoms with Gasteiger partial charge in [0.05, 0.1) is 0 Å². The molecule has 0 amide bonds. The van der Waals surface area contributed by atoms with Gasteiger partial charge in [-0.2, -0.15) is 0 Å². The Labute approximate surface area is 82.5 Å². The first-order chi connectivity index (χ1) is 6.24. The molecule has 2 atom stereocenters. The molecule has 13 heavy (non-hydrogen) atoms. The van der Waals surface area contributed by atoms with Gasteiger partial charge in [0.2, 0.25) is 0 Å². The van der Waals surface area contributed by atoms with Crippen LogP contribution in [0.3, 0.4) is 0 Å². The Balaban J connectivity index is 2.35. The first-order valence-corrected chi connectivity index (χ1v) is 5.68. The minimum atomic E-state index is 0.653. The number of hydrogen-bond donors (Lipinski definition) is 1. The predicted octanol–water partition coefficient (Wildman–Crippen LogP) is 1.85. The molecule has 0 aromatic carbocycles. The van der Waals surface area contributed by atoms with Gasteiger partial charge in [-0.1, -0.05) is 19.8 Å². The highest BCUT2D eigenvalue weighted by molar-refractivity contribution is 4.73. The highest BCUT2D eigenvalue weighted by atomic mass is 15.2. The third kappa shape index (κ3) is 3.65. The number of rotatable bonds is 3. The van der Waals surface area contributed by atoms with Crippen LogP contribution < -0.4 is 5.73 Å². The maximum atomic E-state index is 5.65. The Morgan fingerprint density at radius 2 is 2.15 bits per heavy atom. The molecule has 0 aromatic heterocycles. The lowest BCUT2D eigenvalue weighted by molar-refractivity contribution is 0.187. The quantitative estimate of drug-likeness (QED) is 0.725. The average Bonchev–Trinajstić information content (AvgIpc) is 2.32. The van der Waals surface area contributed by atoms with Crippen LogP contribution in [0.1, 0.15) is 39.5 Å². The summed E-state index contributed by atoms with van der Waals surface area (Å²) in [6.45, 7) is 7.90. The van der Waals surface area contributed by atoms with Crippen LogP contribution in [0.2, 0.25) is 0 Å². The van der Waals surface area contributed by atoms with E-state index in [1.807, 2.05) is 0 Å². The molecule has 0 saturated carbocycles. The topological polar surface area (TPSA) is 29.3 Å². The lowest BCUT2D eigenvalue weighted by Crippen LogP contribution is -2.37. The van der Waals surface area contributed by atoms with E-state index in [2.05, 4.69) is 18.7 Å². The normalized spacial score (nSPS) is 28.4. The van der Waals surface area contributed by atoms with Gasteiger partial charge >= 0.3 is 0 Å². The van der Waals surface area contributed by atoms with Crippen LogP contribution in [0.15, 0.2) is 0 Å². The van der Waals surface area contributed by atoms with Crippen molar-refractivity contribution >= 4 is 0 Å². The first-order valence-electron chi connectivity index (χ1n) is 5.68. The number of nitrogens with zero attached hydrogens (tertiary/aromatic N) is 1. The zero-order valence-corrected chi connectivity index (χ0v) is 9.13. The Hall–Kier alpha value is -0.0800. The van der Waals surface area contributed by atoms with E-state index in [-0.39, 0.29) is 0 Å². The van der Waals surface area contributed by atoms with Crippen LogP contribution in [0, 0.1) is 5.92 Å². The molecule has 1 heterocycles. The molecule has 1 aliphatic rings. The summed E-state index contributed by atoms with van der Waals surface area (Å²) in [5.41, 5.74) is 5.65. The van der Waals surface area contributed by atoms with Gasteiger partial charge < -0.3 is 10.6 Å². The van der Waals surface area contributed by atoms with Gasteiger partial charge in [0.25, 0.3) is 0 Å². The van der Waals surface area contributed by atoms with Crippen molar-refractivity contribution in [3.63, 3.8) is 0 Å². The van der Waals surface area contributed by atoms with Crippen LogP contribution in [0.25, 0.3) is 0 Å². The van der Waals surface area contributed by atoms with Gasteiger partial charge in [-0.15, -0.1) is 0 Å². The van der Waals surface area contributed by atoms with E-state index in [9.17, 15) is 0 Å². The van der Waals surface area contributed by atoms with E-state index >= 15 is 0 Å². The van der Waals surface area contributed by atoms with Crippen molar-refractivity contribution in [3.05, 3.63) is 0 Å². The van der Waals surface area contributed by atoms with E-state index < -0.39 is 0 Å². The van der Waals surface area contributed by atoms with Crippen molar-refractivity contribution in [2.45, 2.75) is 45.6 Å². The third-order valence-electron chi connectivity index (χ3n) is 3.14. The van der Waals surface area contributed by atoms with E-state index in [0.29, 0.717) is 5.92 Å². The summed E-state index contributed by atoms with van der Waals surface area (Å²) in [4.78, 5) is 2.62. The summed E-state index contributed by atoms with van der Waals surface area (Å²) in [5, 5.41) is 0. The van der Waals surface area contributed by atoms with Crippen molar-refractivity contribution in [1.82, 2.24) is 4.90 Å². The van der Waals surface area contributed by atoms with Gasteiger partial charge in [-0.3, -0.25) is 0 Å². The molecule has 1 aliphatic heterocycles. The van der Waals surface area contributed by atoms with Crippen molar-refractivity contribution in [2.75, 3.05) is 19.6 Å². The minimum absolute atomic E-state index is 0.653. The number of hydrogen-bond acceptors (Lipinski definition) is 2. The van der Waals surface area contributed by atoms with Crippen LogP contribution in [-0.2, 0) is 0 Å². The Morgan fingerprint density at radius 3 is 2.85 bits per heavy atom. The Bertz CT molecular complexity index is 136. The van der Waals surface area contributed by atoms with Crippen molar-refractivity contribution < 1.29 is 0 Å². The molecule has 1 saturated heterocycles. The van der Waals surface area contributed by atoms with Crippen LogP contribution in [-0.4, -0.2) is 30.6 Å². The largest absolute Gasteiger partial charge is 0.330 e. The summed E-state index contributed by atoms with van der Waals surface area (Å²) in [5.74, 6) is 0.653. The monoisotopic (exact) mass is 184 g/mol. The molecule has 2 nitrogen and oxygen atoms in total. The highest BCUT2D eigenvalue weighted by Crippen LogP contribution is 2.17. The molecule has 0 radical (unpaired) electrons. The van der Waals surface area contributed by atoms with Crippen LogP contribution in [0.4, 0.5) is 0 Å². The number of likely N-dealkylation sites (tertiary alicyclic amines) is 1. The fourth-order valence-corrected chi connectivity index (χ4v) is 2.08. The van der Waals surface area contributed by atoms with Gasteiger partial charge in [0, 0.05) is 12.6 Å². The average molecular weight is 184 g/mol. The fraction of sp³-hybridized carbons (Fsp3) is 1.00. The van der Waals surface area contributed by atoms with Gasteiger partial charge in [0.15, 0.2) is 0 Å². The third-order valence-corrected chi connectivity index (χ3v) is 3.14. The molecule has 2 unspecified atom stereocenters. The first kappa shape index (κ1) is 11.0. The zero-order valence-electron chi connectivity index (χ0n) is 9.13. The van der Waals surface area contributed by atoms with Crippen LogP contribution >= 0.6 is 0 Å². The van der Waals surface area contributed by atoms with Crippen molar-refractivity contribution in [2.24, 2.45) is 11.7 Å². The molecule has 0 aromatic rings. The minimum Gasteiger partial charge on any atom is -0.330 e. The lowest BCUT2D eigenvalue weighted by Gasteiger charge is -2.29. The van der Waals surface area contributed by atoms with E-state index in [1.54, 1.807) is 0 Å². The van der Waals surface area contributed by atoms with E-state index in [1.165, 1.54) is 38.8 Å². The second-order valence-corrected chi connectivity index (χ2v) is 4.53. The molecular weight excluding hydrogens is 160 g/mol. The molecule has 0 aliphatic carbocycles. The molecular formula is C11H24N2. The summed E-state index contributed by atoms with van der Waals surface area (Å²) < 4.78 is 0. The van der Waals surface area contributed by atoms with Gasteiger partial charge in [0.1, 0.15) is 0 Å². The molecule has 1 rings (SSSR count). The SMILES string of the molecule is CC(CN)CN1CCCCCC1C. The summed E-state index contributed by atoms with van der Waals surface area (Å²) in [6.07, 6.45) is 5.57. The van der Waals surface area contributed by atoms with Crippen molar-refractivity contribution in [3.8, 4) is 0 Å². The van der Waals surface area contributed by atoms with Crippen molar-refractivity contribution in [1.29, 1.82) is 0 Å². The molecule has 78 valence electrons. The summed E-state index contributed by atoms with van der Waals surface area (Å²) in [6, 6.07) is 0.775. The lowest BCUT2D eigenvalue weighted by atomic mass is 10.1. The zero-order chi connectivity index (χ0) is 9.68.